The summed E-state index contributed by atoms with van der Waals surface area (Å²) in [7, 11) is 0. The van der Waals surface area contributed by atoms with E-state index in [0.717, 1.165) is 98.7 Å². The second-order valence-corrected chi connectivity index (χ2v) is 16.5. The minimum Gasteiger partial charge on any atom is -1.00 e. The largest absolute Gasteiger partial charge is 2.00 e. The van der Waals surface area contributed by atoms with Gasteiger partial charge in [0.2, 0.25) is 0 Å². The Kier molecular flexibility index (Phi) is 19.3. The molecule has 0 aliphatic carbocycles. The van der Waals surface area contributed by atoms with Crippen molar-refractivity contribution < 1.29 is 79.2 Å². The van der Waals surface area contributed by atoms with Gasteiger partial charge in [0.15, 0.2) is 0 Å². The van der Waals surface area contributed by atoms with Gasteiger partial charge in [0, 0.05) is 109 Å². The van der Waals surface area contributed by atoms with E-state index in [1.165, 1.54) is 9.80 Å². The van der Waals surface area contributed by atoms with E-state index in [1.54, 1.807) is 33.6 Å². The van der Waals surface area contributed by atoms with Gasteiger partial charge in [-0.15, -0.1) is 10.2 Å². The fourth-order valence-corrected chi connectivity index (χ4v) is 9.08. The number of aliphatic hydroxyl groups is 2. The van der Waals surface area contributed by atoms with Crippen LogP contribution < -0.4 is 35.4 Å². The monoisotopic (exact) mass is 1020 g/mol. The molecule has 356 valence electrons. The predicted molar refractivity (Wildman–Crippen MR) is 241 cm³/mol. The summed E-state index contributed by atoms with van der Waals surface area (Å²) in [5.74, 6) is -1.43. The molecule has 3 aliphatic rings. The summed E-state index contributed by atoms with van der Waals surface area (Å²) in [6.45, 7) is 8.09. The maximum absolute atomic E-state index is 13.3. The first kappa shape index (κ1) is 53.8. The van der Waals surface area contributed by atoms with E-state index in [0.29, 0.717) is 59.0 Å². The predicted octanol–water partition coefficient (Wildman–Crippen LogP) is -4.43. The van der Waals surface area contributed by atoms with Gasteiger partial charge < -0.3 is 51.1 Å². The summed E-state index contributed by atoms with van der Waals surface area (Å²) in [4.78, 5) is 60.5. The number of aliphatic hydroxyl groups excluding tert-OH is 2. The van der Waals surface area contributed by atoms with Gasteiger partial charge in [-0.25, -0.2) is 9.36 Å². The molecule has 6 aromatic rings. The second kappa shape index (κ2) is 24.4. The number of aromatic nitrogens is 6. The number of amides is 4. The van der Waals surface area contributed by atoms with Gasteiger partial charge in [-0.05, 0) is 88.3 Å². The zero-order chi connectivity index (χ0) is 44.2. The van der Waals surface area contributed by atoms with Crippen LogP contribution in [0.2, 0.25) is 0 Å². The van der Waals surface area contributed by atoms with Gasteiger partial charge in [0.25, 0.3) is 23.6 Å². The summed E-state index contributed by atoms with van der Waals surface area (Å²) in [6.07, 6.45) is 6.37. The van der Waals surface area contributed by atoms with E-state index < -0.39 is 0 Å². The number of rotatable bonds is 12. The smallest absolute Gasteiger partial charge is 1.00 e. The van der Waals surface area contributed by atoms with Crippen LogP contribution in [0.25, 0.3) is 32.9 Å². The van der Waals surface area contributed by atoms with E-state index in [2.05, 4.69) is 41.1 Å². The van der Waals surface area contributed by atoms with Crippen LogP contribution in [-0.2, 0) is 32.6 Å². The molecule has 0 radical (unpaired) electrons. The van der Waals surface area contributed by atoms with Gasteiger partial charge >= 0.3 is 19.5 Å². The quantitative estimate of drug-likeness (QED) is 0.0669. The molecule has 22 heteroatoms. The molecule has 68 heavy (non-hydrogen) atoms. The Labute approximate surface area is 418 Å². The van der Waals surface area contributed by atoms with Crippen LogP contribution >= 0.6 is 0 Å². The molecule has 4 aromatic carbocycles. The molecule has 6 N–H and O–H groups in total. The molecule has 0 atom stereocenters. The molecule has 0 bridgehead atoms. The number of carbonyl (C=O) groups excluding carboxylic acids is 4. The fraction of sp³-hybridized carbons (Fsp3) is 0.391. The summed E-state index contributed by atoms with van der Waals surface area (Å²) in [5, 5.41) is 46.6. The van der Waals surface area contributed by atoms with Crippen LogP contribution in [0.4, 0.5) is 0 Å². The van der Waals surface area contributed by atoms with Crippen molar-refractivity contribution in [3.63, 3.8) is 0 Å². The molecule has 1 saturated heterocycles. The van der Waals surface area contributed by atoms with Gasteiger partial charge in [-0.3, -0.25) is 38.8 Å². The van der Waals surface area contributed by atoms with E-state index in [9.17, 15) is 29.4 Å². The number of hydrogen-bond donors (Lipinski definition) is 4. The zero-order valence-corrected chi connectivity index (χ0v) is 42.1. The maximum Gasteiger partial charge on any atom is 2.00 e. The number of nitrogens with zero attached hydrogens (tertiary/aromatic N) is 10. The maximum atomic E-state index is 13.3. The fourth-order valence-electron chi connectivity index (χ4n) is 9.08. The van der Waals surface area contributed by atoms with Crippen LogP contribution in [0.3, 0.4) is 0 Å². The van der Waals surface area contributed by atoms with E-state index in [-0.39, 0.29) is 99.7 Å². The molecule has 19 nitrogen and oxygen atoms in total. The van der Waals surface area contributed by atoms with Gasteiger partial charge in [0.1, 0.15) is 0 Å². The number of hydrogen-bond acceptors (Lipinski definition) is 14. The molecule has 4 amide bonds. The summed E-state index contributed by atoms with van der Waals surface area (Å²) >= 11 is 0. The number of carbonyl (C=O) groups is 4. The molecule has 2 aromatic heterocycles. The third-order valence-electron chi connectivity index (χ3n) is 12.2. The van der Waals surface area contributed by atoms with Crippen molar-refractivity contribution in [1.29, 1.82) is 0 Å². The first-order chi connectivity index (χ1) is 31.3. The van der Waals surface area contributed by atoms with Crippen molar-refractivity contribution in [3.05, 3.63) is 107 Å². The number of nitrogens with one attached hydrogen (secondary N) is 2. The summed E-state index contributed by atoms with van der Waals surface area (Å²) < 4.78 is 3.44. The Bertz CT molecular complexity index is 2490. The Morgan fingerprint density at radius 1 is 0.529 bits per heavy atom. The van der Waals surface area contributed by atoms with Crippen LogP contribution in [0.5, 0.6) is 0 Å². The third-order valence-corrected chi connectivity index (χ3v) is 12.2. The normalized spacial score (nSPS) is 16.2. The van der Waals surface area contributed by atoms with Gasteiger partial charge in [0.05, 0.1) is 35.2 Å². The van der Waals surface area contributed by atoms with Crippen molar-refractivity contribution in [2.24, 2.45) is 0 Å². The summed E-state index contributed by atoms with van der Waals surface area (Å²) in [5.41, 5.74) is 4.96. The molecular formula is C46H54Cl2N12O7Zn. The van der Waals surface area contributed by atoms with Crippen LogP contribution in [0.15, 0.2) is 73.1 Å². The Balaban J connectivity index is 0.00000216. The first-order valence-corrected chi connectivity index (χ1v) is 22.1. The first-order valence-electron chi connectivity index (χ1n) is 22.1. The third kappa shape index (κ3) is 11.0. The SMILES string of the molecule is O.O=C1c2cccc3c(-n4cc(CN5CCCNCCN(Cc6cn(-c7ccc8c9c(cccc79)C(=O)N(CCCO)C8=O)nn6)CCCNCC5)nn4)ccc(c23)C(=O)N1CCCO.[Cl-].[Cl-].[Zn+2]. The Hall–Kier alpha value is -5.12. The molecule has 5 heterocycles. The van der Waals surface area contributed by atoms with Crippen LogP contribution in [-0.4, -0.2) is 168 Å². The molecule has 9 rings (SSSR count). The van der Waals surface area contributed by atoms with E-state index >= 15 is 0 Å². The van der Waals surface area contributed by atoms with Gasteiger partial charge in [-0.2, -0.15) is 0 Å². The minimum absolute atomic E-state index is 0. The zero-order valence-electron chi connectivity index (χ0n) is 37.6. The van der Waals surface area contributed by atoms with Crippen molar-refractivity contribution in [2.45, 2.75) is 38.8 Å². The molecule has 3 aliphatic heterocycles. The minimum atomic E-state index is -0.357. The standard InChI is InChI=1S/C46H52N12O6.2ClH.H2O.Zn/c59-25-5-21-55-43(61)35-9-1-7-33-39(13-11-37(41(33)35)45(55)63)57-29-31(49-51-57)27-53-19-3-15-48-18-24-54(20-4-16-47-17-23-53)28-32-30-58(52-50-32)40-14-12-38-42-34(40)8-2-10-36(42)44(62)56(46(38)64)22-6-26-60;;;;/h1-2,7-14,29-30,47-48,59-60H,3-6,15-28H2;2*1H;1H2;/q;;;;+2/p-2. The summed E-state index contributed by atoms with van der Waals surface area (Å²) in [6, 6.07) is 18.1. The van der Waals surface area contributed by atoms with Crippen LogP contribution in [0.1, 0.15) is 78.5 Å². The van der Waals surface area contributed by atoms with Crippen molar-refractivity contribution in [3.8, 4) is 11.4 Å². The molecule has 0 spiro atoms. The number of halogens is 2. The van der Waals surface area contributed by atoms with Crippen molar-refractivity contribution in [1.82, 2.24) is 60.2 Å². The van der Waals surface area contributed by atoms with Crippen molar-refractivity contribution >= 4 is 45.2 Å². The average Bonchev–Trinajstić information content (AvgIpc) is 3.98. The average molecular weight is 1020 g/mol. The topological polar surface area (TPSA) is 239 Å². The Morgan fingerprint density at radius 2 is 0.926 bits per heavy atom. The van der Waals surface area contributed by atoms with Crippen LogP contribution in [0, 0.1) is 0 Å². The molecule has 0 saturated carbocycles. The Morgan fingerprint density at radius 3 is 1.32 bits per heavy atom. The van der Waals surface area contributed by atoms with Crippen molar-refractivity contribution in [2.75, 3.05) is 78.7 Å². The van der Waals surface area contributed by atoms with E-state index in [4.69, 9.17) is 0 Å². The van der Waals surface area contributed by atoms with Gasteiger partial charge in [-0.1, -0.05) is 34.7 Å². The second-order valence-electron chi connectivity index (χ2n) is 16.5. The number of imide groups is 2. The molecule has 1 fully saturated rings. The number of benzene rings is 4. The molecule has 0 unspecified atom stereocenters. The van der Waals surface area contributed by atoms with E-state index in [1.807, 2.05) is 48.8 Å². The molecular weight excluding hydrogens is 969 g/mol.